The molecule has 2 amide bonds. The van der Waals surface area contributed by atoms with E-state index in [-0.39, 0.29) is 18.4 Å². The van der Waals surface area contributed by atoms with Crippen molar-refractivity contribution in [3.8, 4) is 5.75 Å². The molecule has 160 valence electrons. The van der Waals surface area contributed by atoms with Gasteiger partial charge in [0.05, 0.1) is 23.8 Å². The minimum absolute atomic E-state index is 0.0354. The Morgan fingerprint density at radius 2 is 1.93 bits per heavy atom. The van der Waals surface area contributed by atoms with E-state index in [1.807, 2.05) is 0 Å². The van der Waals surface area contributed by atoms with Crippen LogP contribution in [0.4, 0.5) is 5.00 Å². The number of nitrogens with one attached hydrogen (secondary N) is 1. The number of fused-ring (bicyclic) bond motifs is 1. The van der Waals surface area contributed by atoms with Crippen LogP contribution >= 0.6 is 34.5 Å². The van der Waals surface area contributed by atoms with E-state index in [9.17, 15) is 9.59 Å². The van der Waals surface area contributed by atoms with Gasteiger partial charge in [0, 0.05) is 29.1 Å². The van der Waals surface area contributed by atoms with Crippen LogP contribution in [0.1, 0.15) is 33.6 Å². The molecule has 1 saturated heterocycles. The molecule has 30 heavy (non-hydrogen) atoms. The minimum atomic E-state index is -0.347. The van der Waals surface area contributed by atoms with Gasteiger partial charge in [0.15, 0.2) is 6.61 Å². The molecule has 1 fully saturated rings. The number of carbonyl (C=O) groups excluding carboxylic acids is 2. The van der Waals surface area contributed by atoms with Gasteiger partial charge in [-0.05, 0) is 43.4 Å². The maximum atomic E-state index is 13.3. The third-order valence-corrected chi connectivity index (χ3v) is 6.94. The zero-order valence-corrected chi connectivity index (χ0v) is 18.7. The average molecular weight is 469 g/mol. The van der Waals surface area contributed by atoms with Gasteiger partial charge in [0.25, 0.3) is 11.8 Å². The van der Waals surface area contributed by atoms with Crippen molar-refractivity contribution in [2.75, 3.05) is 38.2 Å². The van der Waals surface area contributed by atoms with Gasteiger partial charge in [-0.15, -0.1) is 11.3 Å². The number of aryl methyl sites for hydroxylation is 1. The number of carbonyl (C=O) groups is 2. The molecule has 2 heterocycles. The van der Waals surface area contributed by atoms with Crippen LogP contribution in [-0.2, 0) is 22.4 Å². The molecule has 0 spiro atoms. The lowest BCUT2D eigenvalue weighted by molar-refractivity contribution is -0.118. The molecular formula is C21H22Cl2N2O4S. The Morgan fingerprint density at radius 3 is 2.73 bits per heavy atom. The van der Waals surface area contributed by atoms with Crippen LogP contribution in [0.25, 0.3) is 0 Å². The number of nitrogens with zero attached hydrogens (tertiary/aromatic N) is 1. The molecule has 0 radical (unpaired) electrons. The highest BCUT2D eigenvalue weighted by atomic mass is 35.5. The summed E-state index contributed by atoms with van der Waals surface area (Å²) in [6.07, 6.45) is 3.95. The van der Waals surface area contributed by atoms with E-state index in [0.29, 0.717) is 52.7 Å². The van der Waals surface area contributed by atoms with E-state index in [0.717, 1.165) is 31.2 Å². The molecule has 0 saturated carbocycles. The molecule has 2 aliphatic rings. The van der Waals surface area contributed by atoms with Crippen molar-refractivity contribution in [1.82, 2.24) is 4.90 Å². The lowest BCUT2D eigenvalue weighted by Crippen LogP contribution is -2.41. The van der Waals surface area contributed by atoms with Gasteiger partial charge >= 0.3 is 0 Å². The zero-order valence-electron chi connectivity index (χ0n) is 16.3. The fourth-order valence-corrected chi connectivity index (χ4v) is 5.33. The molecule has 1 aromatic heterocycles. The smallest absolute Gasteiger partial charge is 0.262 e. The second-order valence-corrected chi connectivity index (χ2v) is 9.18. The molecule has 1 aliphatic carbocycles. The van der Waals surface area contributed by atoms with E-state index in [1.54, 1.807) is 23.1 Å². The van der Waals surface area contributed by atoms with Gasteiger partial charge in [-0.25, -0.2) is 0 Å². The highest BCUT2D eigenvalue weighted by Gasteiger charge is 2.30. The fraction of sp³-hybridized carbons (Fsp3) is 0.429. The predicted molar refractivity (Wildman–Crippen MR) is 118 cm³/mol. The number of amides is 2. The van der Waals surface area contributed by atoms with Crippen LogP contribution in [0.5, 0.6) is 5.75 Å². The molecule has 0 atom stereocenters. The number of hydrogen-bond acceptors (Lipinski definition) is 5. The Bertz CT molecular complexity index is 957. The third kappa shape index (κ3) is 4.75. The Morgan fingerprint density at radius 1 is 1.17 bits per heavy atom. The van der Waals surface area contributed by atoms with Crippen LogP contribution in [-0.4, -0.2) is 49.6 Å². The normalized spacial score (nSPS) is 16.1. The maximum Gasteiger partial charge on any atom is 0.262 e. The molecule has 1 aliphatic heterocycles. The monoisotopic (exact) mass is 468 g/mol. The van der Waals surface area contributed by atoms with Gasteiger partial charge in [-0.1, -0.05) is 23.2 Å². The summed E-state index contributed by atoms with van der Waals surface area (Å²) in [5, 5.41) is 4.34. The van der Waals surface area contributed by atoms with E-state index in [2.05, 4.69) is 5.32 Å². The van der Waals surface area contributed by atoms with Gasteiger partial charge < -0.3 is 19.7 Å². The number of benzene rings is 1. The highest BCUT2D eigenvalue weighted by molar-refractivity contribution is 7.17. The first-order valence-electron chi connectivity index (χ1n) is 9.92. The van der Waals surface area contributed by atoms with Gasteiger partial charge in [-0.3, -0.25) is 9.59 Å². The molecule has 1 aromatic carbocycles. The standard InChI is InChI=1S/C21H22Cl2N2O4S/c22-13-5-6-15(23)16(11-13)29-12-18(26)24-20-19(14-3-1-2-4-17(14)30-20)21(27)25-7-9-28-10-8-25/h5-6,11H,1-4,7-10,12H2,(H,24,26). The Balaban J connectivity index is 1.51. The third-order valence-electron chi connectivity index (χ3n) is 5.19. The van der Waals surface area contributed by atoms with E-state index >= 15 is 0 Å². The van der Waals surface area contributed by atoms with Crippen LogP contribution < -0.4 is 10.1 Å². The first-order valence-corrected chi connectivity index (χ1v) is 11.5. The van der Waals surface area contributed by atoms with Crippen LogP contribution in [0.3, 0.4) is 0 Å². The summed E-state index contributed by atoms with van der Waals surface area (Å²) in [7, 11) is 0. The van der Waals surface area contributed by atoms with Crippen molar-refractivity contribution >= 4 is 51.4 Å². The molecule has 0 bridgehead atoms. The fourth-order valence-electron chi connectivity index (χ4n) is 3.70. The number of ether oxygens (including phenoxy) is 2. The first-order chi connectivity index (χ1) is 14.5. The highest BCUT2D eigenvalue weighted by Crippen LogP contribution is 2.39. The number of morpholine rings is 1. The van der Waals surface area contributed by atoms with E-state index in [4.69, 9.17) is 32.7 Å². The Labute approximate surface area is 189 Å². The molecule has 6 nitrogen and oxygen atoms in total. The van der Waals surface area contributed by atoms with Crippen molar-refractivity contribution in [2.45, 2.75) is 25.7 Å². The summed E-state index contributed by atoms with van der Waals surface area (Å²) in [5.41, 5.74) is 1.71. The lowest BCUT2D eigenvalue weighted by atomic mass is 9.95. The van der Waals surface area contributed by atoms with Crippen molar-refractivity contribution in [2.24, 2.45) is 0 Å². The summed E-state index contributed by atoms with van der Waals surface area (Å²) in [6.45, 7) is 1.97. The average Bonchev–Trinajstić information content (AvgIpc) is 3.12. The summed E-state index contributed by atoms with van der Waals surface area (Å²) in [5.74, 6) is -0.0399. The summed E-state index contributed by atoms with van der Waals surface area (Å²) < 4.78 is 10.9. The van der Waals surface area contributed by atoms with Gasteiger partial charge in [0.1, 0.15) is 10.8 Å². The number of halogens is 2. The molecule has 2 aromatic rings. The Kier molecular flexibility index (Phi) is 6.83. The SMILES string of the molecule is O=C(COc1cc(Cl)ccc1Cl)Nc1sc2c(c1C(=O)N1CCOCC1)CCCC2. The van der Waals surface area contributed by atoms with Crippen molar-refractivity contribution in [3.63, 3.8) is 0 Å². The molecule has 1 N–H and O–H groups in total. The topological polar surface area (TPSA) is 67.9 Å². The number of hydrogen-bond donors (Lipinski definition) is 1. The quantitative estimate of drug-likeness (QED) is 0.704. The van der Waals surface area contributed by atoms with E-state index in [1.165, 1.54) is 16.2 Å². The number of thiophene rings is 1. The molecule has 4 rings (SSSR count). The Hall–Kier alpha value is -1.80. The van der Waals surface area contributed by atoms with E-state index < -0.39 is 0 Å². The van der Waals surface area contributed by atoms with Gasteiger partial charge in [0.2, 0.25) is 0 Å². The largest absolute Gasteiger partial charge is 0.482 e. The van der Waals surface area contributed by atoms with Gasteiger partial charge in [-0.2, -0.15) is 0 Å². The second kappa shape index (κ2) is 9.56. The van der Waals surface area contributed by atoms with Crippen LogP contribution in [0.15, 0.2) is 18.2 Å². The minimum Gasteiger partial charge on any atom is -0.482 e. The summed E-state index contributed by atoms with van der Waals surface area (Å²) >= 11 is 13.5. The maximum absolute atomic E-state index is 13.3. The second-order valence-electron chi connectivity index (χ2n) is 7.23. The summed E-state index contributed by atoms with van der Waals surface area (Å²) in [4.78, 5) is 28.8. The molecular weight excluding hydrogens is 447 g/mol. The summed E-state index contributed by atoms with van der Waals surface area (Å²) in [6, 6.07) is 4.83. The molecule has 9 heteroatoms. The number of rotatable bonds is 5. The predicted octanol–water partition coefficient (Wildman–Crippen LogP) is 4.42. The van der Waals surface area contributed by atoms with Crippen LogP contribution in [0, 0.1) is 0 Å². The van der Waals surface area contributed by atoms with Crippen molar-refractivity contribution < 1.29 is 19.1 Å². The molecule has 0 unspecified atom stereocenters. The van der Waals surface area contributed by atoms with Crippen molar-refractivity contribution in [1.29, 1.82) is 0 Å². The first kappa shape index (κ1) is 21.4. The number of anilines is 1. The lowest BCUT2D eigenvalue weighted by Gasteiger charge is -2.27. The van der Waals surface area contributed by atoms with Crippen LogP contribution in [0.2, 0.25) is 10.0 Å². The van der Waals surface area contributed by atoms with Crippen molar-refractivity contribution in [3.05, 3.63) is 44.2 Å². The zero-order chi connectivity index (χ0) is 21.1.